The van der Waals surface area contributed by atoms with Crippen LogP contribution < -0.4 is 5.14 Å². The van der Waals surface area contributed by atoms with Crippen molar-refractivity contribution in [2.75, 3.05) is 0 Å². The Labute approximate surface area is 167 Å². The SMILES string of the molecule is CCCCn1c(CSc2nc3ccccc3o2)nc2cc(S(N)(=O)=O)ccc21. The van der Waals surface area contributed by atoms with Gasteiger partial charge in [-0.2, -0.15) is 0 Å². The topological polar surface area (TPSA) is 104 Å². The summed E-state index contributed by atoms with van der Waals surface area (Å²) in [5.41, 5.74) is 3.09. The first kappa shape index (κ1) is 19.0. The zero-order valence-corrected chi connectivity index (χ0v) is 17.0. The van der Waals surface area contributed by atoms with Crippen LogP contribution in [0.4, 0.5) is 0 Å². The highest BCUT2D eigenvalue weighted by Crippen LogP contribution is 2.28. The molecule has 0 aliphatic heterocycles. The van der Waals surface area contributed by atoms with Crippen molar-refractivity contribution in [2.24, 2.45) is 5.14 Å². The fourth-order valence-electron chi connectivity index (χ4n) is 3.05. The molecule has 146 valence electrons. The predicted molar refractivity (Wildman–Crippen MR) is 110 cm³/mol. The second kappa shape index (κ2) is 7.57. The van der Waals surface area contributed by atoms with Gasteiger partial charge in [-0.15, -0.1) is 0 Å². The highest BCUT2D eigenvalue weighted by atomic mass is 32.2. The lowest BCUT2D eigenvalue weighted by Gasteiger charge is -2.07. The van der Waals surface area contributed by atoms with Gasteiger partial charge in [-0.25, -0.2) is 23.5 Å². The van der Waals surface area contributed by atoms with Gasteiger partial charge in [0.2, 0.25) is 10.0 Å². The van der Waals surface area contributed by atoms with Crippen LogP contribution in [0.25, 0.3) is 22.1 Å². The number of hydrogen-bond donors (Lipinski definition) is 1. The molecule has 0 atom stereocenters. The van der Waals surface area contributed by atoms with Gasteiger partial charge >= 0.3 is 0 Å². The summed E-state index contributed by atoms with van der Waals surface area (Å²) in [5, 5.41) is 5.84. The van der Waals surface area contributed by atoms with E-state index < -0.39 is 10.0 Å². The lowest BCUT2D eigenvalue weighted by molar-refractivity contribution is 0.489. The molecule has 0 aliphatic carbocycles. The summed E-state index contributed by atoms with van der Waals surface area (Å²) in [7, 11) is -3.76. The third-order valence-corrected chi connectivity index (χ3v) is 6.20. The van der Waals surface area contributed by atoms with Crippen molar-refractivity contribution in [2.45, 2.75) is 42.2 Å². The first-order chi connectivity index (χ1) is 13.5. The molecule has 28 heavy (non-hydrogen) atoms. The Morgan fingerprint density at radius 2 is 1.96 bits per heavy atom. The molecule has 0 spiro atoms. The largest absolute Gasteiger partial charge is 0.431 e. The molecule has 2 aromatic heterocycles. The number of oxazole rings is 1. The molecule has 9 heteroatoms. The maximum atomic E-state index is 11.7. The molecule has 0 fully saturated rings. The number of imidazole rings is 1. The Hall–Kier alpha value is -2.36. The molecule has 0 radical (unpaired) electrons. The Kier molecular flexibility index (Phi) is 5.13. The molecule has 2 heterocycles. The summed E-state index contributed by atoms with van der Waals surface area (Å²) in [4.78, 5) is 9.21. The minimum atomic E-state index is -3.76. The molecule has 2 aromatic carbocycles. The number of sulfonamides is 1. The summed E-state index contributed by atoms with van der Waals surface area (Å²) in [6.45, 7) is 2.94. The average molecular weight is 417 g/mol. The fraction of sp³-hybridized carbons (Fsp3) is 0.263. The first-order valence-electron chi connectivity index (χ1n) is 8.96. The van der Waals surface area contributed by atoms with E-state index in [9.17, 15) is 8.42 Å². The highest BCUT2D eigenvalue weighted by Gasteiger charge is 2.16. The van der Waals surface area contributed by atoms with E-state index in [1.54, 1.807) is 6.07 Å². The smallest absolute Gasteiger partial charge is 0.257 e. The van der Waals surface area contributed by atoms with Gasteiger partial charge in [0.25, 0.3) is 5.22 Å². The number of hydrogen-bond acceptors (Lipinski definition) is 6. The van der Waals surface area contributed by atoms with Crippen molar-refractivity contribution in [3.05, 3.63) is 48.3 Å². The monoisotopic (exact) mass is 416 g/mol. The highest BCUT2D eigenvalue weighted by molar-refractivity contribution is 7.98. The molecule has 4 aromatic rings. The van der Waals surface area contributed by atoms with E-state index in [0.717, 1.165) is 41.8 Å². The number of nitrogens with zero attached hydrogens (tertiary/aromatic N) is 3. The second-order valence-electron chi connectivity index (χ2n) is 6.46. The number of benzene rings is 2. The van der Waals surface area contributed by atoms with Gasteiger partial charge in [-0.05, 0) is 36.8 Å². The van der Waals surface area contributed by atoms with Crippen LogP contribution in [-0.4, -0.2) is 23.0 Å². The number of unbranched alkanes of at least 4 members (excludes halogenated alkanes) is 1. The number of fused-ring (bicyclic) bond motifs is 2. The molecule has 0 bridgehead atoms. The molecular weight excluding hydrogens is 396 g/mol. The third-order valence-electron chi connectivity index (χ3n) is 4.46. The quantitative estimate of drug-likeness (QED) is 0.458. The number of aryl methyl sites for hydroxylation is 1. The number of para-hydroxylation sites is 2. The normalized spacial score (nSPS) is 12.2. The molecule has 4 rings (SSSR count). The van der Waals surface area contributed by atoms with Crippen LogP contribution in [-0.2, 0) is 22.3 Å². The number of primary sulfonamides is 1. The van der Waals surface area contributed by atoms with Gasteiger partial charge in [0, 0.05) is 6.54 Å². The van der Waals surface area contributed by atoms with E-state index in [-0.39, 0.29) is 4.90 Å². The molecule has 0 amide bonds. The zero-order valence-electron chi connectivity index (χ0n) is 15.3. The van der Waals surface area contributed by atoms with Crippen molar-refractivity contribution in [3.8, 4) is 0 Å². The summed E-state index contributed by atoms with van der Waals surface area (Å²) >= 11 is 1.47. The van der Waals surface area contributed by atoms with Crippen LogP contribution in [0, 0.1) is 0 Å². The summed E-state index contributed by atoms with van der Waals surface area (Å²) < 4.78 is 31.2. The van der Waals surface area contributed by atoms with Crippen molar-refractivity contribution in [3.63, 3.8) is 0 Å². The van der Waals surface area contributed by atoms with Crippen molar-refractivity contribution in [1.29, 1.82) is 0 Å². The molecule has 0 unspecified atom stereocenters. The van der Waals surface area contributed by atoms with Gasteiger partial charge in [0.05, 0.1) is 21.7 Å². The average Bonchev–Trinajstić information content (AvgIpc) is 3.23. The summed E-state index contributed by atoms with van der Waals surface area (Å²) in [6, 6.07) is 12.5. The predicted octanol–water partition coefficient (Wildman–Crippen LogP) is 3.92. The standard InChI is InChI=1S/C19H20N4O3S2/c1-2-3-10-23-16-9-8-13(28(20,24)25)11-15(16)21-18(23)12-27-19-22-14-6-4-5-7-17(14)26-19/h4-9,11H,2-3,10,12H2,1H3,(H2,20,24,25). The number of aromatic nitrogens is 3. The zero-order chi connectivity index (χ0) is 19.7. The minimum absolute atomic E-state index is 0.0679. The van der Waals surface area contributed by atoms with E-state index in [1.165, 1.54) is 23.9 Å². The van der Waals surface area contributed by atoms with E-state index in [1.807, 2.05) is 24.3 Å². The van der Waals surface area contributed by atoms with Gasteiger partial charge in [0.1, 0.15) is 11.3 Å². The van der Waals surface area contributed by atoms with E-state index in [4.69, 9.17) is 9.56 Å². The van der Waals surface area contributed by atoms with Crippen LogP contribution in [0.15, 0.2) is 57.0 Å². The molecule has 2 N–H and O–H groups in total. The van der Waals surface area contributed by atoms with Gasteiger partial charge in [-0.3, -0.25) is 0 Å². The molecule has 0 saturated heterocycles. The lowest BCUT2D eigenvalue weighted by atomic mass is 10.3. The maximum Gasteiger partial charge on any atom is 0.257 e. The van der Waals surface area contributed by atoms with E-state index >= 15 is 0 Å². The third kappa shape index (κ3) is 3.78. The lowest BCUT2D eigenvalue weighted by Crippen LogP contribution is -2.11. The van der Waals surface area contributed by atoms with Gasteiger partial charge < -0.3 is 8.98 Å². The fourth-order valence-corrected chi connectivity index (χ4v) is 4.37. The van der Waals surface area contributed by atoms with E-state index in [2.05, 4.69) is 21.5 Å². The van der Waals surface area contributed by atoms with Gasteiger partial charge in [-0.1, -0.05) is 37.2 Å². The molecule has 0 aliphatic rings. The van der Waals surface area contributed by atoms with Crippen molar-refractivity contribution >= 4 is 43.9 Å². The van der Waals surface area contributed by atoms with E-state index in [0.29, 0.717) is 16.5 Å². The molecule has 7 nitrogen and oxygen atoms in total. The number of nitrogens with two attached hydrogens (primary N) is 1. The Morgan fingerprint density at radius 1 is 1.14 bits per heavy atom. The van der Waals surface area contributed by atoms with Gasteiger partial charge in [0.15, 0.2) is 5.58 Å². The van der Waals surface area contributed by atoms with Crippen LogP contribution in [0.1, 0.15) is 25.6 Å². The number of rotatable bonds is 7. The Bertz CT molecular complexity index is 1210. The molecular formula is C19H20N4O3S2. The second-order valence-corrected chi connectivity index (χ2v) is 8.95. The Balaban J connectivity index is 1.67. The van der Waals surface area contributed by atoms with Crippen LogP contribution in [0.3, 0.4) is 0 Å². The van der Waals surface area contributed by atoms with Crippen LogP contribution in [0.5, 0.6) is 0 Å². The maximum absolute atomic E-state index is 11.7. The van der Waals surface area contributed by atoms with Crippen LogP contribution >= 0.6 is 11.8 Å². The van der Waals surface area contributed by atoms with Crippen molar-refractivity contribution in [1.82, 2.24) is 14.5 Å². The first-order valence-corrected chi connectivity index (χ1v) is 11.5. The Morgan fingerprint density at radius 3 is 2.71 bits per heavy atom. The van der Waals surface area contributed by atoms with Crippen LogP contribution in [0.2, 0.25) is 0 Å². The molecule has 0 saturated carbocycles. The van der Waals surface area contributed by atoms with Crippen molar-refractivity contribution < 1.29 is 12.8 Å². The number of thioether (sulfide) groups is 1. The summed E-state index contributed by atoms with van der Waals surface area (Å²) in [6.07, 6.45) is 2.05. The minimum Gasteiger partial charge on any atom is -0.431 e. The summed E-state index contributed by atoms with van der Waals surface area (Å²) in [5.74, 6) is 1.41.